The van der Waals surface area contributed by atoms with Crippen molar-refractivity contribution >= 4 is 16.9 Å². The zero-order chi connectivity index (χ0) is 11.1. The molecule has 3 rings (SSSR count). The summed E-state index contributed by atoms with van der Waals surface area (Å²) in [5.74, 6) is 0. The molecular weight excluding hydrogens is 202 g/mol. The molecule has 1 fully saturated rings. The van der Waals surface area contributed by atoms with E-state index in [0.29, 0.717) is 6.54 Å². The summed E-state index contributed by atoms with van der Waals surface area (Å²) in [4.78, 5) is 11.1. The largest absolute Gasteiger partial charge is 0.350 e. The van der Waals surface area contributed by atoms with Crippen molar-refractivity contribution in [3.8, 4) is 0 Å². The molecule has 1 aromatic carbocycles. The highest BCUT2D eigenvalue weighted by Gasteiger charge is 2.24. The van der Waals surface area contributed by atoms with E-state index in [1.54, 1.807) is 0 Å². The van der Waals surface area contributed by atoms with E-state index in [-0.39, 0.29) is 12.1 Å². The van der Waals surface area contributed by atoms with E-state index in [1.807, 2.05) is 19.2 Å². The Hall–Kier alpha value is -1.97. The molecule has 0 aliphatic carbocycles. The molecule has 0 saturated carbocycles. The first-order valence-electron chi connectivity index (χ1n) is 5.34. The van der Waals surface area contributed by atoms with Crippen LogP contribution in [-0.4, -0.2) is 17.1 Å². The highest BCUT2D eigenvalue weighted by molar-refractivity contribution is 5.86. The molecule has 16 heavy (non-hydrogen) atoms. The first-order chi connectivity index (χ1) is 7.75. The molecule has 82 valence electrons. The van der Waals surface area contributed by atoms with Crippen molar-refractivity contribution in [3.63, 3.8) is 0 Å². The van der Waals surface area contributed by atoms with Crippen molar-refractivity contribution in [1.29, 1.82) is 0 Å². The van der Waals surface area contributed by atoms with Gasteiger partial charge < -0.3 is 15.2 Å². The summed E-state index contributed by atoms with van der Waals surface area (Å²) in [5, 5.41) is 6.90. The molecule has 0 spiro atoms. The molecule has 0 radical (unpaired) electrons. The van der Waals surface area contributed by atoms with Crippen molar-refractivity contribution in [2.75, 3.05) is 6.54 Å². The van der Waals surface area contributed by atoms with Gasteiger partial charge in [0.2, 0.25) is 0 Å². The van der Waals surface area contributed by atoms with Gasteiger partial charge in [0, 0.05) is 36.3 Å². The number of nitrogens with zero attached hydrogens (tertiary/aromatic N) is 1. The molecule has 1 saturated heterocycles. The molecule has 1 atom stereocenters. The van der Waals surface area contributed by atoms with Gasteiger partial charge in [-0.1, -0.05) is 18.2 Å². The lowest BCUT2D eigenvalue weighted by Crippen LogP contribution is -2.21. The van der Waals surface area contributed by atoms with Gasteiger partial charge in [-0.2, -0.15) is 0 Å². The van der Waals surface area contributed by atoms with E-state index >= 15 is 0 Å². The average Bonchev–Trinajstić information content (AvgIpc) is 2.84. The summed E-state index contributed by atoms with van der Waals surface area (Å²) in [6.07, 6.45) is 2.09. The number of benzene rings is 1. The zero-order valence-electron chi connectivity index (χ0n) is 9.03. The van der Waals surface area contributed by atoms with Crippen LogP contribution in [0.3, 0.4) is 0 Å². The lowest BCUT2D eigenvalue weighted by molar-refractivity contribution is 0.247. The number of carbonyl (C=O) groups excluding carboxylic acids is 1. The number of hydrogen-bond acceptors (Lipinski definition) is 1. The lowest BCUT2D eigenvalue weighted by Gasteiger charge is -2.06. The van der Waals surface area contributed by atoms with Gasteiger partial charge in [0.25, 0.3) is 0 Å². The quantitative estimate of drug-likeness (QED) is 0.744. The second-order valence-electron chi connectivity index (χ2n) is 4.12. The molecule has 0 bridgehead atoms. The Balaban J connectivity index is 2.13. The van der Waals surface area contributed by atoms with Gasteiger partial charge in [-0.15, -0.1) is 0 Å². The smallest absolute Gasteiger partial charge is 0.315 e. The van der Waals surface area contributed by atoms with E-state index in [0.717, 1.165) is 0 Å². The predicted molar refractivity (Wildman–Crippen MR) is 62.2 cm³/mol. The van der Waals surface area contributed by atoms with Crippen molar-refractivity contribution < 1.29 is 4.79 Å². The Kier molecular flexibility index (Phi) is 1.89. The third kappa shape index (κ3) is 1.26. The maximum Gasteiger partial charge on any atom is 0.315 e. The monoisotopic (exact) mass is 215 g/mol. The fourth-order valence-corrected chi connectivity index (χ4v) is 2.29. The number of aromatic nitrogens is 1. The minimum absolute atomic E-state index is 0.0820. The summed E-state index contributed by atoms with van der Waals surface area (Å²) in [5.41, 5.74) is 2.37. The van der Waals surface area contributed by atoms with E-state index in [1.165, 1.54) is 16.5 Å². The molecule has 4 heteroatoms. The second kappa shape index (κ2) is 3.27. The molecule has 1 aliphatic rings. The normalized spacial score (nSPS) is 19.8. The van der Waals surface area contributed by atoms with Gasteiger partial charge in [-0.05, 0) is 6.07 Å². The maximum absolute atomic E-state index is 11.1. The third-order valence-corrected chi connectivity index (χ3v) is 3.08. The Labute approximate surface area is 93.2 Å². The highest BCUT2D eigenvalue weighted by atomic mass is 16.2. The summed E-state index contributed by atoms with van der Waals surface area (Å²) < 4.78 is 2.09. The fourth-order valence-electron chi connectivity index (χ4n) is 2.29. The SMILES string of the molecule is Cn1cc([C@@H]2CNC(=O)N2)c2ccccc21. The fraction of sp³-hybridized carbons (Fsp3) is 0.250. The van der Waals surface area contributed by atoms with Gasteiger partial charge in [0.15, 0.2) is 0 Å². The Morgan fingerprint density at radius 3 is 2.94 bits per heavy atom. The van der Waals surface area contributed by atoms with Crippen LogP contribution in [0.4, 0.5) is 4.79 Å². The van der Waals surface area contributed by atoms with Gasteiger partial charge in [0.1, 0.15) is 0 Å². The lowest BCUT2D eigenvalue weighted by atomic mass is 10.1. The van der Waals surface area contributed by atoms with Crippen LogP contribution >= 0.6 is 0 Å². The van der Waals surface area contributed by atoms with Crippen molar-refractivity contribution in [1.82, 2.24) is 15.2 Å². The van der Waals surface area contributed by atoms with Crippen LogP contribution in [0.15, 0.2) is 30.5 Å². The zero-order valence-corrected chi connectivity index (χ0v) is 9.03. The van der Waals surface area contributed by atoms with E-state index in [9.17, 15) is 4.79 Å². The minimum atomic E-state index is -0.0852. The van der Waals surface area contributed by atoms with E-state index in [2.05, 4.69) is 33.5 Å². The van der Waals surface area contributed by atoms with Crippen LogP contribution in [0.1, 0.15) is 11.6 Å². The molecule has 1 aliphatic heterocycles. The van der Waals surface area contributed by atoms with Crippen LogP contribution in [0.25, 0.3) is 10.9 Å². The first kappa shape index (κ1) is 9.27. The number of hydrogen-bond donors (Lipinski definition) is 2. The van der Waals surface area contributed by atoms with Crippen molar-refractivity contribution in [2.24, 2.45) is 7.05 Å². The van der Waals surface area contributed by atoms with Crippen LogP contribution in [0.2, 0.25) is 0 Å². The predicted octanol–water partition coefficient (Wildman–Crippen LogP) is 1.53. The summed E-state index contributed by atoms with van der Waals surface area (Å²) >= 11 is 0. The number of urea groups is 1. The van der Waals surface area contributed by atoms with Crippen LogP contribution in [0.5, 0.6) is 0 Å². The number of carbonyl (C=O) groups is 1. The van der Waals surface area contributed by atoms with Crippen molar-refractivity contribution in [3.05, 3.63) is 36.0 Å². The number of nitrogens with one attached hydrogen (secondary N) is 2. The van der Waals surface area contributed by atoms with E-state index < -0.39 is 0 Å². The summed E-state index contributed by atoms with van der Waals surface area (Å²) in [6, 6.07) is 8.22. The average molecular weight is 215 g/mol. The highest BCUT2D eigenvalue weighted by Crippen LogP contribution is 2.26. The molecule has 2 aromatic rings. The number of rotatable bonds is 1. The van der Waals surface area contributed by atoms with Crippen LogP contribution < -0.4 is 10.6 Å². The summed E-state index contributed by atoms with van der Waals surface area (Å²) in [7, 11) is 2.02. The topological polar surface area (TPSA) is 46.1 Å². The van der Waals surface area contributed by atoms with Gasteiger partial charge in [-0.3, -0.25) is 0 Å². The Morgan fingerprint density at radius 1 is 1.38 bits per heavy atom. The number of para-hydroxylation sites is 1. The minimum Gasteiger partial charge on any atom is -0.350 e. The molecule has 2 N–H and O–H groups in total. The first-order valence-corrected chi connectivity index (χ1v) is 5.34. The van der Waals surface area contributed by atoms with Crippen LogP contribution in [0, 0.1) is 0 Å². The number of fused-ring (bicyclic) bond motifs is 1. The number of aryl methyl sites for hydroxylation is 1. The Bertz CT molecular complexity index is 558. The maximum atomic E-state index is 11.1. The summed E-state index contributed by atoms with van der Waals surface area (Å²) in [6.45, 7) is 0.660. The van der Waals surface area contributed by atoms with Gasteiger partial charge in [-0.25, -0.2) is 4.79 Å². The molecule has 4 nitrogen and oxygen atoms in total. The van der Waals surface area contributed by atoms with E-state index in [4.69, 9.17) is 0 Å². The molecule has 2 amide bonds. The molecule has 2 heterocycles. The van der Waals surface area contributed by atoms with Crippen molar-refractivity contribution in [2.45, 2.75) is 6.04 Å². The second-order valence-corrected chi connectivity index (χ2v) is 4.12. The molecular formula is C12H13N3O. The molecule has 0 unspecified atom stereocenters. The number of amides is 2. The van der Waals surface area contributed by atoms with Gasteiger partial charge >= 0.3 is 6.03 Å². The Morgan fingerprint density at radius 2 is 2.19 bits per heavy atom. The standard InChI is InChI=1S/C12H13N3O/c1-15-7-9(10-6-13-12(16)14-10)8-4-2-3-5-11(8)15/h2-5,7,10H,6H2,1H3,(H2,13,14,16)/t10-/m0/s1. The third-order valence-electron chi connectivity index (χ3n) is 3.08. The van der Waals surface area contributed by atoms with Gasteiger partial charge in [0.05, 0.1) is 6.04 Å². The molecule has 1 aromatic heterocycles. The van der Waals surface area contributed by atoms with Crippen LogP contribution in [-0.2, 0) is 7.05 Å².